The highest BCUT2D eigenvalue weighted by Crippen LogP contribution is 2.23. The van der Waals surface area contributed by atoms with Crippen molar-refractivity contribution in [3.8, 4) is 0 Å². The molecule has 5 nitrogen and oxygen atoms in total. The summed E-state index contributed by atoms with van der Waals surface area (Å²) in [6, 6.07) is 0. The van der Waals surface area contributed by atoms with E-state index in [0.29, 0.717) is 13.1 Å². The molecule has 110 valence electrons. The molecule has 2 rings (SSSR count). The first-order valence-electron chi connectivity index (χ1n) is 7.50. The molecule has 0 spiro atoms. The molecule has 2 N–H and O–H groups in total. The molecule has 0 aliphatic carbocycles. The maximum atomic E-state index is 12.4. The van der Waals surface area contributed by atoms with Crippen molar-refractivity contribution in [1.29, 1.82) is 0 Å². The Morgan fingerprint density at radius 1 is 1.42 bits per heavy atom. The van der Waals surface area contributed by atoms with E-state index >= 15 is 0 Å². The normalized spacial score (nSPS) is 31.7. The van der Waals surface area contributed by atoms with Crippen molar-refractivity contribution in [3.05, 3.63) is 0 Å². The van der Waals surface area contributed by atoms with E-state index in [9.17, 15) is 4.79 Å². The quantitative estimate of drug-likeness (QED) is 0.806. The van der Waals surface area contributed by atoms with Gasteiger partial charge < -0.3 is 20.1 Å². The zero-order valence-corrected chi connectivity index (χ0v) is 11.8. The number of amides is 1. The minimum atomic E-state index is -0.279. The van der Waals surface area contributed by atoms with Gasteiger partial charge in [-0.25, -0.2) is 0 Å². The van der Waals surface area contributed by atoms with Crippen molar-refractivity contribution < 1.29 is 14.3 Å². The largest absolute Gasteiger partial charge is 0.376 e. The molecule has 0 radical (unpaired) electrons. The zero-order chi connectivity index (χ0) is 13.7. The Morgan fingerprint density at radius 3 is 2.95 bits per heavy atom. The first kappa shape index (κ1) is 14.8. The molecule has 2 aliphatic rings. The monoisotopic (exact) mass is 270 g/mol. The second-order valence-corrected chi connectivity index (χ2v) is 5.48. The van der Waals surface area contributed by atoms with Gasteiger partial charge in [-0.3, -0.25) is 4.79 Å². The number of hydrogen-bond donors (Lipinski definition) is 1. The summed E-state index contributed by atoms with van der Waals surface area (Å²) < 4.78 is 11.4. The third kappa shape index (κ3) is 3.91. The van der Waals surface area contributed by atoms with Crippen molar-refractivity contribution >= 4 is 5.91 Å². The number of likely N-dealkylation sites (tertiary alicyclic amines) is 1. The number of rotatable bonds is 5. The van der Waals surface area contributed by atoms with Gasteiger partial charge in [0.1, 0.15) is 6.10 Å². The van der Waals surface area contributed by atoms with Crippen LogP contribution in [0.2, 0.25) is 0 Å². The van der Waals surface area contributed by atoms with Crippen LogP contribution in [0.1, 0.15) is 39.0 Å². The van der Waals surface area contributed by atoms with E-state index in [1.165, 1.54) is 0 Å². The molecule has 2 saturated heterocycles. The number of carbonyl (C=O) groups excluding carboxylic acids is 1. The molecular formula is C14H26N2O3. The summed E-state index contributed by atoms with van der Waals surface area (Å²) >= 11 is 0. The summed E-state index contributed by atoms with van der Waals surface area (Å²) in [5.74, 6) is 0.126. The lowest BCUT2D eigenvalue weighted by molar-refractivity contribution is -0.146. The maximum Gasteiger partial charge on any atom is 0.251 e. The smallest absolute Gasteiger partial charge is 0.251 e. The van der Waals surface area contributed by atoms with Crippen LogP contribution in [0.25, 0.3) is 0 Å². The molecule has 2 fully saturated rings. The summed E-state index contributed by atoms with van der Waals surface area (Å²) in [6.07, 6.45) is 4.78. The van der Waals surface area contributed by atoms with Gasteiger partial charge in [-0.2, -0.15) is 0 Å². The van der Waals surface area contributed by atoms with Gasteiger partial charge in [0.2, 0.25) is 0 Å². The highest BCUT2D eigenvalue weighted by molar-refractivity contribution is 5.81. The number of nitrogens with zero attached hydrogens (tertiary/aromatic N) is 1. The fraction of sp³-hybridized carbons (Fsp3) is 0.929. The number of piperidine rings is 1. The Hall–Kier alpha value is -0.650. The Bertz CT molecular complexity index is 298. The SMILES string of the molecule is CCCOC1CCCN(C(=O)C2CCC(CN)O2)C1. The van der Waals surface area contributed by atoms with Crippen LogP contribution in [0.15, 0.2) is 0 Å². The topological polar surface area (TPSA) is 64.8 Å². The van der Waals surface area contributed by atoms with Gasteiger partial charge in [0, 0.05) is 26.2 Å². The lowest BCUT2D eigenvalue weighted by Crippen LogP contribution is -2.47. The first-order valence-corrected chi connectivity index (χ1v) is 7.50. The second kappa shape index (κ2) is 7.22. The van der Waals surface area contributed by atoms with Crippen molar-refractivity contribution in [2.75, 3.05) is 26.2 Å². The van der Waals surface area contributed by atoms with Crippen LogP contribution in [0, 0.1) is 0 Å². The van der Waals surface area contributed by atoms with E-state index in [4.69, 9.17) is 15.2 Å². The van der Waals surface area contributed by atoms with Crippen molar-refractivity contribution in [2.24, 2.45) is 5.73 Å². The molecule has 3 unspecified atom stereocenters. The number of carbonyl (C=O) groups is 1. The average molecular weight is 270 g/mol. The van der Waals surface area contributed by atoms with E-state index < -0.39 is 0 Å². The molecule has 0 aromatic carbocycles. The van der Waals surface area contributed by atoms with Gasteiger partial charge in [-0.15, -0.1) is 0 Å². The number of hydrogen-bond acceptors (Lipinski definition) is 4. The van der Waals surface area contributed by atoms with E-state index in [-0.39, 0.29) is 24.2 Å². The fourth-order valence-electron chi connectivity index (χ4n) is 2.82. The molecule has 0 aromatic heterocycles. The van der Waals surface area contributed by atoms with E-state index in [2.05, 4.69) is 6.92 Å². The van der Waals surface area contributed by atoms with Crippen LogP contribution in [0.4, 0.5) is 0 Å². The average Bonchev–Trinajstić information content (AvgIpc) is 2.93. The Kier molecular flexibility index (Phi) is 5.60. The van der Waals surface area contributed by atoms with Gasteiger partial charge in [-0.05, 0) is 32.1 Å². The van der Waals surface area contributed by atoms with Gasteiger partial charge in [-0.1, -0.05) is 6.92 Å². The standard InChI is InChI=1S/C14H26N2O3/c1-2-8-18-12-4-3-7-16(10-12)14(17)13-6-5-11(9-15)19-13/h11-13H,2-10,15H2,1H3. The molecular weight excluding hydrogens is 244 g/mol. The molecule has 2 aliphatic heterocycles. The van der Waals surface area contributed by atoms with Gasteiger partial charge in [0.25, 0.3) is 5.91 Å². The van der Waals surface area contributed by atoms with Crippen LogP contribution in [0.5, 0.6) is 0 Å². The molecule has 3 atom stereocenters. The van der Waals surface area contributed by atoms with Crippen molar-refractivity contribution in [2.45, 2.75) is 57.3 Å². The first-order chi connectivity index (χ1) is 9.24. The van der Waals surface area contributed by atoms with Crippen LogP contribution in [-0.4, -0.2) is 55.4 Å². The molecule has 0 saturated carbocycles. The van der Waals surface area contributed by atoms with Gasteiger partial charge in [0.15, 0.2) is 0 Å². The molecule has 5 heteroatoms. The van der Waals surface area contributed by atoms with Crippen molar-refractivity contribution in [3.63, 3.8) is 0 Å². The third-order valence-corrected chi connectivity index (χ3v) is 3.89. The Balaban J connectivity index is 1.81. The predicted molar refractivity (Wildman–Crippen MR) is 72.8 cm³/mol. The van der Waals surface area contributed by atoms with Crippen molar-refractivity contribution in [1.82, 2.24) is 4.90 Å². The maximum absolute atomic E-state index is 12.4. The summed E-state index contributed by atoms with van der Waals surface area (Å²) in [6.45, 7) is 4.93. The second-order valence-electron chi connectivity index (χ2n) is 5.48. The van der Waals surface area contributed by atoms with Crippen LogP contribution in [0.3, 0.4) is 0 Å². The third-order valence-electron chi connectivity index (χ3n) is 3.89. The van der Waals surface area contributed by atoms with E-state index in [0.717, 1.165) is 45.3 Å². The highest BCUT2D eigenvalue weighted by Gasteiger charge is 2.34. The lowest BCUT2D eigenvalue weighted by atomic mass is 10.1. The van der Waals surface area contributed by atoms with Gasteiger partial charge >= 0.3 is 0 Å². The molecule has 0 aromatic rings. The van der Waals surface area contributed by atoms with Crippen LogP contribution in [-0.2, 0) is 14.3 Å². The van der Waals surface area contributed by atoms with Crippen LogP contribution >= 0.6 is 0 Å². The van der Waals surface area contributed by atoms with Crippen LogP contribution < -0.4 is 5.73 Å². The summed E-state index contributed by atoms with van der Waals surface area (Å²) in [5.41, 5.74) is 5.58. The number of nitrogens with two attached hydrogens (primary N) is 1. The lowest BCUT2D eigenvalue weighted by Gasteiger charge is -2.34. The number of ether oxygens (including phenoxy) is 2. The predicted octanol–water partition coefficient (Wildman–Crippen LogP) is 0.910. The molecule has 19 heavy (non-hydrogen) atoms. The Labute approximate surface area is 115 Å². The Morgan fingerprint density at radius 2 is 2.26 bits per heavy atom. The zero-order valence-electron chi connectivity index (χ0n) is 11.8. The minimum absolute atomic E-state index is 0.0610. The highest BCUT2D eigenvalue weighted by atomic mass is 16.5. The van der Waals surface area contributed by atoms with E-state index in [1.54, 1.807) is 0 Å². The minimum Gasteiger partial charge on any atom is -0.376 e. The molecule has 2 heterocycles. The van der Waals surface area contributed by atoms with E-state index in [1.807, 2.05) is 4.90 Å². The fourth-order valence-corrected chi connectivity index (χ4v) is 2.82. The molecule has 0 bridgehead atoms. The summed E-state index contributed by atoms with van der Waals surface area (Å²) in [7, 11) is 0. The molecule has 1 amide bonds. The van der Waals surface area contributed by atoms with Gasteiger partial charge in [0.05, 0.1) is 12.2 Å². The summed E-state index contributed by atoms with van der Waals surface area (Å²) in [5, 5.41) is 0. The summed E-state index contributed by atoms with van der Waals surface area (Å²) in [4.78, 5) is 14.3.